The number of unbranched alkanes of at least 4 members (excludes halogenated alkanes) is 19. The van der Waals surface area contributed by atoms with E-state index in [0.717, 1.165) is 32.1 Å². The van der Waals surface area contributed by atoms with Crippen LogP contribution in [-0.2, 0) is 19.4 Å². The predicted octanol–water partition coefficient (Wildman–Crippen LogP) is 8.14. The molecule has 1 amide bonds. The molecule has 3 atom stereocenters. The van der Waals surface area contributed by atoms with E-state index in [1.54, 1.807) is 6.08 Å². The molecule has 0 aromatic rings. The summed E-state index contributed by atoms with van der Waals surface area (Å²) < 4.78 is 35.5. The van der Waals surface area contributed by atoms with Gasteiger partial charge in [0.2, 0.25) is 5.91 Å². The molecule has 0 aromatic heterocycles. The standard InChI is InChI=1S/C34H65NO7S/c1-3-5-7-9-11-13-15-17-19-20-22-24-26-28-32(36)31(30-42-43(39,40)41)35-34(38)33(37)29-27-25-23-21-18-16-14-12-10-8-6-4-2/h19-20,26,28,31-33,36-37H,3-18,21-25,27,29-30H2,1-2H3,(H,35,38)(H,39,40,41)/b20-19+,28-26+/t31?,32?,33-/m1/s1. The van der Waals surface area contributed by atoms with Crippen LogP contribution in [0.3, 0.4) is 0 Å². The van der Waals surface area contributed by atoms with Gasteiger partial charge in [0.1, 0.15) is 6.10 Å². The van der Waals surface area contributed by atoms with Crippen LogP contribution in [0.1, 0.15) is 162 Å². The van der Waals surface area contributed by atoms with E-state index < -0.39 is 41.2 Å². The second-order valence-electron chi connectivity index (χ2n) is 11.9. The van der Waals surface area contributed by atoms with Crippen molar-refractivity contribution < 1.29 is 32.2 Å². The van der Waals surface area contributed by atoms with Gasteiger partial charge in [-0.15, -0.1) is 0 Å². The molecule has 0 aliphatic heterocycles. The van der Waals surface area contributed by atoms with Crippen molar-refractivity contribution in [3.8, 4) is 0 Å². The zero-order chi connectivity index (χ0) is 32.0. The summed E-state index contributed by atoms with van der Waals surface area (Å²) in [7, 11) is -4.75. The van der Waals surface area contributed by atoms with Crippen molar-refractivity contribution in [1.29, 1.82) is 0 Å². The van der Waals surface area contributed by atoms with E-state index in [1.807, 2.05) is 0 Å². The highest BCUT2D eigenvalue weighted by molar-refractivity contribution is 7.80. The van der Waals surface area contributed by atoms with Gasteiger partial charge >= 0.3 is 10.4 Å². The SMILES string of the molecule is CCCCCCCCC/C=C/CC/C=C/C(O)C(COS(=O)(=O)O)NC(=O)[C@H](O)CCCCCCCCCCCCCC. The highest BCUT2D eigenvalue weighted by Gasteiger charge is 2.25. The lowest BCUT2D eigenvalue weighted by Crippen LogP contribution is -2.49. The van der Waals surface area contributed by atoms with Crippen molar-refractivity contribution in [2.75, 3.05) is 6.61 Å². The van der Waals surface area contributed by atoms with E-state index in [4.69, 9.17) is 4.55 Å². The molecule has 0 saturated carbocycles. The van der Waals surface area contributed by atoms with Gasteiger partial charge in [-0.2, -0.15) is 8.42 Å². The predicted molar refractivity (Wildman–Crippen MR) is 177 cm³/mol. The fraction of sp³-hybridized carbons (Fsp3) is 0.853. The first-order valence-electron chi connectivity index (χ1n) is 17.3. The minimum atomic E-state index is -4.75. The Morgan fingerprint density at radius 2 is 1.12 bits per heavy atom. The van der Waals surface area contributed by atoms with Crippen LogP contribution in [0.25, 0.3) is 0 Å². The molecular weight excluding hydrogens is 566 g/mol. The number of hydrogen-bond donors (Lipinski definition) is 4. The molecule has 0 spiro atoms. The van der Waals surface area contributed by atoms with E-state index in [-0.39, 0.29) is 6.42 Å². The number of carbonyl (C=O) groups excluding carboxylic acids is 1. The Labute approximate surface area is 264 Å². The Morgan fingerprint density at radius 3 is 1.63 bits per heavy atom. The van der Waals surface area contributed by atoms with Crippen LogP contribution in [0, 0.1) is 0 Å². The van der Waals surface area contributed by atoms with Gasteiger partial charge < -0.3 is 15.5 Å². The second kappa shape index (κ2) is 29.5. The number of hydrogen-bond acceptors (Lipinski definition) is 6. The summed E-state index contributed by atoms with van der Waals surface area (Å²) in [6.45, 7) is 3.80. The van der Waals surface area contributed by atoms with Crippen LogP contribution in [0.5, 0.6) is 0 Å². The quantitative estimate of drug-likeness (QED) is 0.0345. The van der Waals surface area contributed by atoms with Gasteiger partial charge in [-0.05, 0) is 32.1 Å². The molecule has 0 rings (SSSR count). The van der Waals surface area contributed by atoms with Crippen molar-refractivity contribution in [3.63, 3.8) is 0 Å². The maximum Gasteiger partial charge on any atom is 0.397 e. The monoisotopic (exact) mass is 631 g/mol. The van der Waals surface area contributed by atoms with Gasteiger partial charge in [0.15, 0.2) is 0 Å². The van der Waals surface area contributed by atoms with Crippen LogP contribution in [0.15, 0.2) is 24.3 Å². The van der Waals surface area contributed by atoms with E-state index in [2.05, 4.69) is 35.5 Å². The molecule has 4 N–H and O–H groups in total. The van der Waals surface area contributed by atoms with Crippen molar-refractivity contribution >= 4 is 16.3 Å². The minimum absolute atomic E-state index is 0.284. The number of aliphatic hydroxyl groups excluding tert-OH is 2. The lowest BCUT2D eigenvalue weighted by Gasteiger charge is -2.23. The van der Waals surface area contributed by atoms with Gasteiger partial charge in [0.25, 0.3) is 0 Å². The third-order valence-electron chi connectivity index (χ3n) is 7.74. The normalized spacial score (nSPS) is 14.4. The molecule has 0 aromatic carbocycles. The van der Waals surface area contributed by atoms with E-state index >= 15 is 0 Å². The van der Waals surface area contributed by atoms with Gasteiger partial charge in [0, 0.05) is 0 Å². The molecule has 0 bridgehead atoms. The van der Waals surface area contributed by atoms with Crippen molar-refractivity contribution in [2.45, 2.75) is 180 Å². The molecule has 9 heteroatoms. The minimum Gasteiger partial charge on any atom is -0.387 e. The number of aliphatic hydroxyl groups is 2. The van der Waals surface area contributed by atoms with Crippen LogP contribution in [-0.4, -0.2) is 53.9 Å². The van der Waals surface area contributed by atoms with Crippen molar-refractivity contribution in [3.05, 3.63) is 24.3 Å². The average Bonchev–Trinajstić information content (AvgIpc) is 2.97. The van der Waals surface area contributed by atoms with Crippen LogP contribution in [0.4, 0.5) is 0 Å². The van der Waals surface area contributed by atoms with Crippen molar-refractivity contribution in [2.24, 2.45) is 0 Å². The summed E-state index contributed by atoms with van der Waals surface area (Å²) in [6, 6.07) is -1.14. The number of nitrogens with one attached hydrogen (secondary N) is 1. The summed E-state index contributed by atoms with van der Waals surface area (Å²) in [5.41, 5.74) is 0. The summed E-state index contributed by atoms with van der Waals surface area (Å²) in [5, 5.41) is 23.3. The Kier molecular flexibility index (Phi) is 28.6. The average molecular weight is 632 g/mol. The van der Waals surface area contributed by atoms with E-state index in [1.165, 1.54) is 102 Å². The van der Waals surface area contributed by atoms with Crippen LogP contribution < -0.4 is 5.32 Å². The van der Waals surface area contributed by atoms with Gasteiger partial charge in [-0.25, -0.2) is 4.18 Å². The number of rotatable bonds is 31. The Balaban J connectivity index is 4.30. The molecule has 0 heterocycles. The zero-order valence-corrected chi connectivity index (χ0v) is 28.2. The molecule has 0 fully saturated rings. The molecule has 0 aliphatic carbocycles. The summed E-state index contributed by atoms with van der Waals surface area (Å²) in [6.07, 6.45) is 31.0. The third-order valence-corrected chi connectivity index (χ3v) is 8.18. The molecule has 0 aliphatic rings. The van der Waals surface area contributed by atoms with Gasteiger partial charge in [-0.1, -0.05) is 154 Å². The molecule has 43 heavy (non-hydrogen) atoms. The Morgan fingerprint density at radius 1 is 0.674 bits per heavy atom. The highest BCUT2D eigenvalue weighted by atomic mass is 32.3. The summed E-state index contributed by atoms with van der Waals surface area (Å²) in [5.74, 6) is -0.701. The number of amides is 1. The summed E-state index contributed by atoms with van der Waals surface area (Å²) >= 11 is 0. The third kappa shape index (κ3) is 29.2. The molecule has 0 saturated heterocycles. The molecule has 254 valence electrons. The van der Waals surface area contributed by atoms with Gasteiger partial charge in [-0.3, -0.25) is 9.35 Å². The lowest BCUT2D eigenvalue weighted by molar-refractivity contribution is -0.131. The fourth-order valence-corrected chi connectivity index (χ4v) is 5.31. The number of carbonyl (C=O) groups is 1. The van der Waals surface area contributed by atoms with Crippen molar-refractivity contribution in [1.82, 2.24) is 5.32 Å². The smallest absolute Gasteiger partial charge is 0.387 e. The Bertz CT molecular complexity index is 801. The maximum absolute atomic E-state index is 12.5. The number of allylic oxidation sites excluding steroid dienone is 3. The largest absolute Gasteiger partial charge is 0.397 e. The first-order valence-corrected chi connectivity index (χ1v) is 18.7. The highest BCUT2D eigenvalue weighted by Crippen LogP contribution is 2.14. The maximum atomic E-state index is 12.5. The first kappa shape index (κ1) is 41.7. The van der Waals surface area contributed by atoms with Crippen LogP contribution >= 0.6 is 0 Å². The fourth-order valence-electron chi connectivity index (χ4n) is 4.99. The zero-order valence-electron chi connectivity index (χ0n) is 27.4. The molecule has 8 nitrogen and oxygen atoms in total. The van der Waals surface area contributed by atoms with Gasteiger partial charge in [0.05, 0.1) is 18.8 Å². The molecular formula is C34H65NO7S. The second-order valence-corrected chi connectivity index (χ2v) is 13.0. The van der Waals surface area contributed by atoms with E-state index in [0.29, 0.717) is 12.8 Å². The molecule has 0 radical (unpaired) electrons. The van der Waals surface area contributed by atoms with E-state index in [9.17, 15) is 23.4 Å². The topological polar surface area (TPSA) is 133 Å². The Hall–Kier alpha value is -1.26. The molecule has 2 unspecified atom stereocenters. The van der Waals surface area contributed by atoms with Crippen LogP contribution in [0.2, 0.25) is 0 Å². The summed E-state index contributed by atoms with van der Waals surface area (Å²) in [4.78, 5) is 12.5. The first-order chi connectivity index (χ1) is 20.7. The lowest BCUT2D eigenvalue weighted by atomic mass is 10.0.